The molecule has 1 rings (SSSR count). The van der Waals surface area contributed by atoms with Crippen LogP contribution in [0, 0.1) is 11.8 Å². The Morgan fingerprint density at radius 1 is 1.36 bits per heavy atom. The Morgan fingerprint density at radius 3 is 2.50 bits per heavy atom. The lowest BCUT2D eigenvalue weighted by Gasteiger charge is -2.34. The van der Waals surface area contributed by atoms with Crippen LogP contribution in [0.25, 0.3) is 0 Å². The van der Waals surface area contributed by atoms with Crippen LogP contribution in [0.1, 0.15) is 20.3 Å². The van der Waals surface area contributed by atoms with Crippen molar-refractivity contribution in [3.63, 3.8) is 0 Å². The van der Waals surface area contributed by atoms with Crippen molar-refractivity contribution in [1.29, 1.82) is 0 Å². The maximum atomic E-state index is 11.7. The number of piperidine rings is 1. The molecule has 1 heterocycles. The third-order valence-corrected chi connectivity index (χ3v) is 4.94. The third-order valence-electron chi connectivity index (χ3n) is 3.07. The van der Waals surface area contributed by atoms with Gasteiger partial charge in [-0.25, -0.2) is 12.7 Å². The molecule has 0 aromatic rings. The van der Waals surface area contributed by atoms with Crippen molar-refractivity contribution in [1.82, 2.24) is 4.31 Å². The summed E-state index contributed by atoms with van der Waals surface area (Å²) in [6.45, 7) is 5.81. The normalized spacial score (nSPS) is 30.5. The predicted molar refractivity (Wildman–Crippen MR) is 57.4 cm³/mol. The first-order chi connectivity index (χ1) is 6.47. The van der Waals surface area contributed by atoms with Crippen molar-refractivity contribution in [3.05, 3.63) is 0 Å². The molecule has 0 spiro atoms. The van der Waals surface area contributed by atoms with Crippen LogP contribution in [0.15, 0.2) is 0 Å². The van der Waals surface area contributed by atoms with Crippen LogP contribution >= 0.6 is 0 Å². The molecule has 0 bridgehead atoms. The number of sulfonamides is 1. The molecule has 2 atom stereocenters. The Morgan fingerprint density at radius 2 is 2.00 bits per heavy atom. The summed E-state index contributed by atoms with van der Waals surface area (Å²) in [7, 11) is -3.08. The molecule has 0 saturated carbocycles. The summed E-state index contributed by atoms with van der Waals surface area (Å²) < 4.78 is 25.0. The molecule has 1 fully saturated rings. The Balaban J connectivity index is 2.63. The zero-order valence-corrected chi connectivity index (χ0v) is 9.76. The zero-order chi connectivity index (χ0) is 10.8. The average Bonchev–Trinajstić information content (AvgIpc) is 2.09. The van der Waals surface area contributed by atoms with Gasteiger partial charge in [0.15, 0.2) is 0 Å². The lowest BCUT2D eigenvalue weighted by Crippen LogP contribution is -2.44. The van der Waals surface area contributed by atoms with E-state index in [2.05, 4.69) is 13.8 Å². The van der Waals surface area contributed by atoms with Gasteiger partial charge in [0, 0.05) is 19.6 Å². The molecule has 14 heavy (non-hydrogen) atoms. The van der Waals surface area contributed by atoms with Crippen LogP contribution in [0.3, 0.4) is 0 Å². The molecule has 4 nitrogen and oxygen atoms in total. The summed E-state index contributed by atoms with van der Waals surface area (Å²) in [6.07, 6.45) is 0.963. The van der Waals surface area contributed by atoms with Gasteiger partial charge in [-0.3, -0.25) is 0 Å². The van der Waals surface area contributed by atoms with Gasteiger partial charge in [-0.1, -0.05) is 13.8 Å². The highest BCUT2D eigenvalue weighted by molar-refractivity contribution is 7.89. The van der Waals surface area contributed by atoms with Crippen LogP contribution in [-0.4, -0.2) is 38.1 Å². The minimum absolute atomic E-state index is 0.0775. The van der Waals surface area contributed by atoms with E-state index in [0.29, 0.717) is 24.9 Å². The highest BCUT2D eigenvalue weighted by Gasteiger charge is 2.29. The minimum atomic E-state index is -3.08. The fourth-order valence-electron chi connectivity index (χ4n) is 1.76. The fraction of sp³-hybridized carbons (Fsp3) is 1.00. The first-order valence-electron chi connectivity index (χ1n) is 5.15. The van der Waals surface area contributed by atoms with E-state index >= 15 is 0 Å². The van der Waals surface area contributed by atoms with Gasteiger partial charge in [0.1, 0.15) is 0 Å². The smallest absolute Gasteiger partial charge is 0.215 e. The van der Waals surface area contributed by atoms with Crippen molar-refractivity contribution in [3.8, 4) is 0 Å². The molecule has 1 saturated heterocycles. The van der Waals surface area contributed by atoms with E-state index in [9.17, 15) is 8.42 Å². The van der Waals surface area contributed by atoms with Crippen molar-refractivity contribution < 1.29 is 8.42 Å². The summed E-state index contributed by atoms with van der Waals surface area (Å²) in [4.78, 5) is 0. The highest BCUT2D eigenvalue weighted by atomic mass is 32.2. The second-order valence-electron chi connectivity index (χ2n) is 4.21. The number of hydrogen-bond donors (Lipinski definition) is 1. The number of hydrogen-bond acceptors (Lipinski definition) is 3. The van der Waals surface area contributed by atoms with E-state index in [0.717, 1.165) is 6.42 Å². The molecule has 1 aliphatic rings. The summed E-state index contributed by atoms with van der Waals surface area (Å²) in [6, 6.07) is 0. The zero-order valence-electron chi connectivity index (χ0n) is 8.94. The Bertz CT molecular complexity index is 277. The molecule has 0 aromatic carbocycles. The van der Waals surface area contributed by atoms with Crippen LogP contribution in [0.4, 0.5) is 0 Å². The largest absolute Gasteiger partial charge is 0.329 e. The fourth-order valence-corrected chi connectivity index (χ4v) is 3.16. The third kappa shape index (κ3) is 2.68. The first kappa shape index (κ1) is 11.9. The molecular formula is C9H20N2O2S. The van der Waals surface area contributed by atoms with E-state index < -0.39 is 10.0 Å². The molecule has 84 valence electrons. The van der Waals surface area contributed by atoms with Gasteiger partial charge in [-0.2, -0.15) is 0 Å². The quantitative estimate of drug-likeness (QED) is 0.741. The van der Waals surface area contributed by atoms with Gasteiger partial charge < -0.3 is 5.73 Å². The maximum absolute atomic E-state index is 11.7. The van der Waals surface area contributed by atoms with Crippen molar-refractivity contribution in [2.75, 3.05) is 25.4 Å². The summed E-state index contributed by atoms with van der Waals surface area (Å²) >= 11 is 0. The van der Waals surface area contributed by atoms with Crippen LogP contribution in [0.2, 0.25) is 0 Å². The van der Waals surface area contributed by atoms with E-state index in [1.807, 2.05) is 0 Å². The van der Waals surface area contributed by atoms with Gasteiger partial charge in [-0.15, -0.1) is 0 Å². The van der Waals surface area contributed by atoms with Gasteiger partial charge >= 0.3 is 0 Å². The molecule has 0 aliphatic carbocycles. The highest BCUT2D eigenvalue weighted by Crippen LogP contribution is 2.24. The van der Waals surface area contributed by atoms with E-state index in [1.165, 1.54) is 0 Å². The van der Waals surface area contributed by atoms with Gasteiger partial charge in [0.05, 0.1) is 5.75 Å². The Labute approximate surface area is 86.5 Å². The molecule has 2 unspecified atom stereocenters. The maximum Gasteiger partial charge on any atom is 0.215 e. The van der Waals surface area contributed by atoms with E-state index in [4.69, 9.17) is 5.73 Å². The van der Waals surface area contributed by atoms with Crippen molar-refractivity contribution in [2.24, 2.45) is 17.6 Å². The molecule has 2 N–H and O–H groups in total. The SMILES string of the molecule is CC1CCN(S(=O)(=O)CCN)CC1C. The van der Waals surface area contributed by atoms with Crippen LogP contribution in [-0.2, 0) is 10.0 Å². The number of rotatable bonds is 3. The average molecular weight is 220 g/mol. The molecule has 0 radical (unpaired) electrons. The topological polar surface area (TPSA) is 63.4 Å². The monoisotopic (exact) mass is 220 g/mol. The summed E-state index contributed by atoms with van der Waals surface area (Å²) in [5, 5.41) is 0. The molecule has 0 aromatic heterocycles. The number of nitrogens with two attached hydrogens (primary N) is 1. The first-order valence-corrected chi connectivity index (χ1v) is 6.76. The standard InChI is InChI=1S/C9H20N2O2S/c1-8-3-5-11(7-9(8)2)14(12,13)6-4-10/h8-9H,3-7,10H2,1-2H3. The van der Waals surface area contributed by atoms with Gasteiger partial charge in [-0.05, 0) is 18.3 Å². The summed E-state index contributed by atoms with van der Waals surface area (Å²) in [5.74, 6) is 1.16. The lowest BCUT2D eigenvalue weighted by atomic mass is 9.90. The second kappa shape index (κ2) is 4.59. The van der Waals surface area contributed by atoms with Crippen LogP contribution in [0.5, 0.6) is 0 Å². The molecule has 0 amide bonds. The summed E-state index contributed by atoms with van der Waals surface area (Å²) in [5.41, 5.74) is 5.28. The lowest BCUT2D eigenvalue weighted by molar-refractivity contribution is 0.212. The number of nitrogens with zero attached hydrogens (tertiary/aromatic N) is 1. The van der Waals surface area contributed by atoms with Crippen LogP contribution < -0.4 is 5.73 Å². The molecular weight excluding hydrogens is 200 g/mol. The molecule has 5 heteroatoms. The predicted octanol–water partition coefficient (Wildman–Crippen LogP) is 0.253. The van der Waals surface area contributed by atoms with Gasteiger partial charge in [0.25, 0.3) is 0 Å². The van der Waals surface area contributed by atoms with Crippen molar-refractivity contribution in [2.45, 2.75) is 20.3 Å². The van der Waals surface area contributed by atoms with E-state index in [-0.39, 0.29) is 12.3 Å². The van der Waals surface area contributed by atoms with E-state index in [1.54, 1.807) is 4.31 Å². The molecule has 1 aliphatic heterocycles. The Kier molecular flexibility index (Phi) is 3.92. The Hall–Kier alpha value is -0.130. The second-order valence-corrected chi connectivity index (χ2v) is 6.29. The van der Waals surface area contributed by atoms with Gasteiger partial charge in [0.2, 0.25) is 10.0 Å². The minimum Gasteiger partial charge on any atom is -0.329 e. The van der Waals surface area contributed by atoms with Crippen molar-refractivity contribution >= 4 is 10.0 Å².